The zero-order valence-corrected chi connectivity index (χ0v) is 12.6. The summed E-state index contributed by atoms with van der Waals surface area (Å²) in [7, 11) is 0. The number of phenolic OH excluding ortho intramolecular Hbond substituents is 4. The summed E-state index contributed by atoms with van der Waals surface area (Å²) in [6.07, 6.45) is 0. The molecule has 0 aliphatic rings. The van der Waals surface area contributed by atoms with E-state index >= 15 is 0 Å². The summed E-state index contributed by atoms with van der Waals surface area (Å²) in [6, 6.07) is 17.4. The van der Waals surface area contributed by atoms with Crippen LogP contribution >= 0.6 is 0 Å². The topological polar surface area (TPSA) is 80.9 Å². The molecule has 0 aliphatic carbocycles. The Morgan fingerprint density at radius 3 is 1.25 bits per heavy atom. The van der Waals surface area contributed by atoms with Crippen molar-refractivity contribution in [3.05, 3.63) is 60.7 Å². The Balaban J connectivity index is 2.10. The normalized spacial score (nSPS) is 11.2. The van der Waals surface area contributed by atoms with Gasteiger partial charge in [0.05, 0.1) is 0 Å². The molecular formula is C20H14O4. The van der Waals surface area contributed by atoms with E-state index < -0.39 is 0 Å². The first-order chi connectivity index (χ1) is 11.5. The van der Waals surface area contributed by atoms with Crippen molar-refractivity contribution >= 4 is 21.5 Å². The van der Waals surface area contributed by atoms with E-state index in [0.717, 1.165) is 32.7 Å². The monoisotopic (exact) mass is 318 g/mol. The van der Waals surface area contributed by atoms with Crippen LogP contribution in [0.25, 0.3) is 32.7 Å². The Morgan fingerprint density at radius 1 is 0.458 bits per heavy atom. The first kappa shape index (κ1) is 14.2. The number of hydrogen-bond donors (Lipinski definition) is 4. The lowest BCUT2D eigenvalue weighted by Gasteiger charge is -2.12. The fourth-order valence-corrected chi connectivity index (χ4v) is 3.07. The van der Waals surface area contributed by atoms with Crippen LogP contribution < -0.4 is 0 Å². The molecule has 0 aromatic heterocycles. The molecule has 4 nitrogen and oxygen atoms in total. The number of phenols is 4. The van der Waals surface area contributed by atoms with E-state index in [0.29, 0.717) is 0 Å². The summed E-state index contributed by atoms with van der Waals surface area (Å²) in [6.45, 7) is 0. The molecule has 24 heavy (non-hydrogen) atoms. The highest BCUT2D eigenvalue weighted by molar-refractivity contribution is 6.06. The fraction of sp³-hybridized carbons (Fsp3) is 0. The molecule has 0 amide bonds. The Morgan fingerprint density at radius 2 is 0.833 bits per heavy atom. The molecule has 0 radical (unpaired) electrons. The standard InChI is InChI=1S/C20H14O4/c21-17-7-11-3-1-5-13(15(11)9-19(17)23)14-6-2-4-12-8-18(22)20(24)10-16(12)14/h1-10,21-24H. The van der Waals surface area contributed by atoms with Gasteiger partial charge in [0.2, 0.25) is 0 Å². The Hall–Kier alpha value is -3.40. The Bertz CT molecular complexity index is 1010. The minimum Gasteiger partial charge on any atom is -0.504 e. The van der Waals surface area contributed by atoms with Gasteiger partial charge in [-0.1, -0.05) is 36.4 Å². The number of hydrogen-bond acceptors (Lipinski definition) is 4. The van der Waals surface area contributed by atoms with Gasteiger partial charge in [-0.2, -0.15) is 0 Å². The third kappa shape index (κ3) is 2.08. The van der Waals surface area contributed by atoms with Gasteiger partial charge < -0.3 is 20.4 Å². The molecule has 4 heteroatoms. The molecule has 0 heterocycles. The van der Waals surface area contributed by atoms with Crippen LogP contribution in [0.15, 0.2) is 60.7 Å². The third-order valence-electron chi connectivity index (χ3n) is 4.24. The second-order valence-corrected chi connectivity index (χ2v) is 5.74. The molecule has 0 aliphatic heterocycles. The summed E-state index contributed by atoms with van der Waals surface area (Å²) in [5.41, 5.74) is 1.72. The van der Waals surface area contributed by atoms with Crippen molar-refractivity contribution in [3.8, 4) is 34.1 Å². The molecule has 0 bridgehead atoms. The minimum absolute atomic E-state index is 0.167. The second-order valence-electron chi connectivity index (χ2n) is 5.74. The van der Waals surface area contributed by atoms with Crippen LogP contribution in [0, 0.1) is 0 Å². The molecule has 4 rings (SSSR count). The third-order valence-corrected chi connectivity index (χ3v) is 4.24. The lowest BCUT2D eigenvalue weighted by Crippen LogP contribution is -1.85. The molecule has 0 atom stereocenters. The van der Waals surface area contributed by atoms with Gasteiger partial charge in [-0.3, -0.25) is 0 Å². The summed E-state index contributed by atoms with van der Waals surface area (Å²) in [5.74, 6) is -0.702. The van der Waals surface area contributed by atoms with Gasteiger partial charge in [0, 0.05) is 0 Å². The first-order valence-corrected chi connectivity index (χ1v) is 7.44. The molecular weight excluding hydrogens is 304 g/mol. The van der Waals surface area contributed by atoms with Gasteiger partial charge in [0.1, 0.15) is 0 Å². The molecule has 118 valence electrons. The van der Waals surface area contributed by atoms with Crippen LogP contribution in [0.1, 0.15) is 0 Å². The highest BCUT2D eigenvalue weighted by Crippen LogP contribution is 2.40. The van der Waals surface area contributed by atoms with E-state index in [9.17, 15) is 20.4 Å². The summed E-state index contributed by atoms with van der Waals surface area (Å²) in [4.78, 5) is 0. The quantitative estimate of drug-likeness (QED) is 0.390. The van der Waals surface area contributed by atoms with Crippen LogP contribution in [0.5, 0.6) is 23.0 Å². The lowest BCUT2D eigenvalue weighted by atomic mass is 9.93. The van der Waals surface area contributed by atoms with Crippen molar-refractivity contribution in [2.45, 2.75) is 0 Å². The van der Waals surface area contributed by atoms with Crippen molar-refractivity contribution in [1.82, 2.24) is 0 Å². The number of benzene rings is 4. The number of fused-ring (bicyclic) bond motifs is 2. The average molecular weight is 318 g/mol. The van der Waals surface area contributed by atoms with E-state index in [4.69, 9.17) is 0 Å². The summed E-state index contributed by atoms with van der Waals surface area (Å²) < 4.78 is 0. The van der Waals surface area contributed by atoms with Gasteiger partial charge >= 0.3 is 0 Å². The van der Waals surface area contributed by atoms with Crippen LogP contribution in [-0.4, -0.2) is 20.4 Å². The maximum absolute atomic E-state index is 9.86. The van der Waals surface area contributed by atoms with Gasteiger partial charge in [-0.25, -0.2) is 0 Å². The molecule has 0 fully saturated rings. The molecule has 0 spiro atoms. The first-order valence-electron chi connectivity index (χ1n) is 7.44. The van der Waals surface area contributed by atoms with Crippen molar-refractivity contribution in [2.24, 2.45) is 0 Å². The van der Waals surface area contributed by atoms with E-state index in [-0.39, 0.29) is 23.0 Å². The summed E-state index contributed by atoms with van der Waals surface area (Å²) in [5, 5.41) is 42.3. The second kappa shape index (κ2) is 5.06. The predicted octanol–water partition coefficient (Wildman–Crippen LogP) is 4.48. The fourth-order valence-electron chi connectivity index (χ4n) is 3.07. The van der Waals surface area contributed by atoms with Gasteiger partial charge in [0.15, 0.2) is 23.0 Å². The molecule has 0 unspecified atom stereocenters. The highest BCUT2D eigenvalue weighted by atomic mass is 16.3. The van der Waals surface area contributed by atoms with E-state index in [1.807, 2.05) is 36.4 Å². The van der Waals surface area contributed by atoms with Crippen LogP contribution in [0.3, 0.4) is 0 Å². The molecule has 0 saturated heterocycles. The molecule has 0 saturated carbocycles. The summed E-state index contributed by atoms with van der Waals surface area (Å²) >= 11 is 0. The Kier molecular flexibility index (Phi) is 3.00. The SMILES string of the molecule is Oc1cc2cccc(-c3cccc4cc(O)c(O)cc34)c2cc1O. The van der Waals surface area contributed by atoms with E-state index in [1.165, 1.54) is 24.3 Å². The van der Waals surface area contributed by atoms with Gasteiger partial charge in [0.25, 0.3) is 0 Å². The van der Waals surface area contributed by atoms with Crippen LogP contribution in [0.4, 0.5) is 0 Å². The smallest absolute Gasteiger partial charge is 0.158 e. The zero-order valence-electron chi connectivity index (χ0n) is 12.6. The maximum Gasteiger partial charge on any atom is 0.158 e. The Labute approximate surface area is 137 Å². The molecule has 4 N–H and O–H groups in total. The van der Waals surface area contributed by atoms with Crippen molar-refractivity contribution in [1.29, 1.82) is 0 Å². The average Bonchev–Trinajstić information content (AvgIpc) is 2.56. The number of rotatable bonds is 1. The largest absolute Gasteiger partial charge is 0.504 e. The lowest BCUT2D eigenvalue weighted by molar-refractivity contribution is 0.405. The van der Waals surface area contributed by atoms with Crippen molar-refractivity contribution in [2.75, 3.05) is 0 Å². The molecule has 4 aromatic rings. The van der Waals surface area contributed by atoms with E-state index in [2.05, 4.69) is 0 Å². The predicted molar refractivity (Wildman–Crippen MR) is 93.5 cm³/mol. The van der Waals surface area contributed by atoms with Crippen LogP contribution in [-0.2, 0) is 0 Å². The van der Waals surface area contributed by atoms with Crippen molar-refractivity contribution < 1.29 is 20.4 Å². The number of aromatic hydroxyl groups is 4. The van der Waals surface area contributed by atoms with Gasteiger partial charge in [-0.15, -0.1) is 0 Å². The maximum atomic E-state index is 9.86. The van der Waals surface area contributed by atoms with Gasteiger partial charge in [-0.05, 0) is 56.9 Å². The van der Waals surface area contributed by atoms with Crippen molar-refractivity contribution in [3.63, 3.8) is 0 Å². The van der Waals surface area contributed by atoms with E-state index in [1.54, 1.807) is 0 Å². The minimum atomic E-state index is -0.185. The zero-order chi connectivity index (χ0) is 16.8. The molecule has 4 aromatic carbocycles. The van der Waals surface area contributed by atoms with Crippen LogP contribution in [0.2, 0.25) is 0 Å². The highest BCUT2D eigenvalue weighted by Gasteiger charge is 2.12.